The van der Waals surface area contributed by atoms with Crippen molar-refractivity contribution in [1.29, 1.82) is 0 Å². The summed E-state index contributed by atoms with van der Waals surface area (Å²) in [6.07, 6.45) is 3.24. The first-order valence-electron chi connectivity index (χ1n) is 29.2. The SMILES string of the molecule is [2H]C([2H])([2H])N1[C]2=[Pt]=[C]3N(c4[c-]c(ccc4)N(c4cnc(N5c6[c-]c(ccc6)N6[C](=[Pt]=[C]7N(c8[c-]c5ccc8)c5ccccc5N7C([2H])([2H])[2H])N(C([2H])([2H])[2H])c5ccccc56)cn4)c4[c-]c(ccc4)N2c2ccccc21)c1ccccc1N3C([2H])([2H])[2H]. The zero-order chi connectivity index (χ0) is 59.3. The maximum atomic E-state index is 8.99. The van der Waals surface area contributed by atoms with Crippen molar-refractivity contribution in [2.24, 2.45) is 0 Å². The molecule has 0 radical (unpaired) electrons. The van der Waals surface area contributed by atoms with E-state index in [1.165, 1.54) is 19.6 Å². The summed E-state index contributed by atoms with van der Waals surface area (Å²) in [5, 5.41) is 0. The predicted molar refractivity (Wildman–Crippen MR) is 295 cm³/mol. The number of rotatable bonds is 2. The molecule has 12 nitrogen and oxygen atoms in total. The third-order valence-electron chi connectivity index (χ3n) is 13.2. The van der Waals surface area contributed by atoms with E-state index in [0.717, 1.165) is 0 Å². The summed E-state index contributed by atoms with van der Waals surface area (Å²) in [5.41, 5.74) is 8.01. The molecular formula is C60H42N12Pt2-4. The average Bonchev–Trinajstić information content (AvgIpc) is 1.73. The number of hydrogen-bond acceptors (Lipinski definition) is 12. The van der Waals surface area contributed by atoms with Crippen LogP contribution in [0.25, 0.3) is 0 Å². The van der Waals surface area contributed by atoms with Crippen LogP contribution in [0.5, 0.6) is 0 Å². The van der Waals surface area contributed by atoms with Crippen molar-refractivity contribution in [3.8, 4) is 0 Å². The van der Waals surface area contributed by atoms with E-state index in [1.807, 2.05) is 151 Å². The third kappa shape index (κ3) is 6.41. The summed E-state index contributed by atoms with van der Waals surface area (Å²) in [6.45, 7) is -10.7. The van der Waals surface area contributed by atoms with Gasteiger partial charge in [-0.15, -0.1) is 0 Å². The van der Waals surface area contributed by atoms with Gasteiger partial charge < -0.3 is 0 Å². The summed E-state index contributed by atoms with van der Waals surface area (Å²) >= 11 is -3.41. The summed E-state index contributed by atoms with van der Waals surface area (Å²) in [5.74, 6) is 0.657. The topological polar surface area (TPSA) is 58.2 Å². The molecule has 6 aliphatic rings. The zero-order valence-electron chi connectivity index (χ0n) is 50.3. The molecule has 0 fully saturated rings. The fourth-order valence-electron chi connectivity index (χ4n) is 9.92. The number of nitrogens with zero attached hydrogens (tertiary/aromatic N) is 12. The molecule has 0 amide bonds. The first kappa shape index (κ1) is 32.7. The van der Waals surface area contributed by atoms with E-state index in [1.54, 1.807) is 60.9 Å². The quantitative estimate of drug-likeness (QED) is 0.155. The number of benzene rings is 8. The Morgan fingerprint density at radius 3 is 0.757 bits per heavy atom. The van der Waals surface area contributed by atoms with Crippen molar-refractivity contribution >= 4 is 119 Å². The van der Waals surface area contributed by atoms with Crippen LogP contribution in [0.1, 0.15) is 16.4 Å². The number of hydrogen-bond donors (Lipinski definition) is 0. The molecule has 0 spiro atoms. The summed E-state index contributed by atoms with van der Waals surface area (Å²) in [7, 11) is 0. The van der Waals surface area contributed by atoms with E-state index in [2.05, 4.69) is 24.3 Å². The molecule has 14 heteroatoms. The molecule has 0 unspecified atom stereocenters. The first-order chi connectivity index (χ1) is 41.2. The maximum absolute atomic E-state index is 8.99. The molecule has 0 atom stereocenters. The van der Waals surface area contributed by atoms with E-state index in [4.69, 9.17) is 26.4 Å². The number of anilines is 18. The second kappa shape index (κ2) is 16.6. The van der Waals surface area contributed by atoms with Crippen molar-refractivity contribution in [2.75, 3.05) is 76.9 Å². The monoisotopic (exact) mass is 1330 g/mol. The van der Waals surface area contributed by atoms with Crippen LogP contribution in [0.4, 0.5) is 103 Å². The second-order valence-corrected chi connectivity index (χ2v) is 22.6. The van der Waals surface area contributed by atoms with Crippen molar-refractivity contribution in [1.82, 2.24) is 9.97 Å². The summed E-state index contributed by atoms with van der Waals surface area (Å²) < 4.78 is 109. The van der Waals surface area contributed by atoms with Crippen molar-refractivity contribution < 1.29 is 51.7 Å². The molecule has 7 heterocycles. The van der Waals surface area contributed by atoms with Crippen molar-refractivity contribution in [3.63, 3.8) is 0 Å². The van der Waals surface area contributed by atoms with Crippen LogP contribution in [0.3, 0.4) is 0 Å². The summed E-state index contributed by atoms with van der Waals surface area (Å²) in [6, 6.07) is 65.6. The van der Waals surface area contributed by atoms with Crippen LogP contribution in [-0.2, 0) is 35.3 Å². The molecule has 8 aromatic carbocycles. The minimum absolute atomic E-state index is 0.328. The van der Waals surface area contributed by atoms with Gasteiger partial charge in [-0.1, -0.05) is 0 Å². The standard InChI is InChI=1S/C60H42N12.2Pt/c1-63-39-67(55-29-9-5-25-51(55)63)43-17-13-21-47(33-43)71(48-22-14-18-44(34-48)68-40-64(2)52-26-6-10-30-56(52)68)59-37-62-60(38-61-59)72(49-23-15-19-45(35-49)69-41-65(3)53-27-7-11-31-57(53)69)50-24-16-20-46(36-50)70-42-66(4)54-28-8-12-32-58(54)70;;/h5-32,37-38H,1-4H3;;/q-4;;/i1D3,2D3,3D3,4D3;;. The van der Waals surface area contributed by atoms with E-state index in [9.17, 15) is 0 Å². The van der Waals surface area contributed by atoms with Gasteiger partial charge in [0, 0.05) is 0 Å². The molecule has 0 saturated carbocycles. The molecule has 0 saturated heterocycles. The Labute approximate surface area is 462 Å². The van der Waals surface area contributed by atoms with Gasteiger partial charge in [-0.25, -0.2) is 0 Å². The van der Waals surface area contributed by atoms with Gasteiger partial charge in [-0.05, 0) is 0 Å². The van der Waals surface area contributed by atoms with Gasteiger partial charge in [0.25, 0.3) is 0 Å². The van der Waals surface area contributed by atoms with E-state index < -0.39 is 63.2 Å². The van der Waals surface area contributed by atoms with Gasteiger partial charge in [0.05, 0.1) is 0 Å². The fourth-order valence-corrected chi connectivity index (χ4v) is 16.1. The number of para-hydroxylation sites is 8. The molecule has 15 rings (SSSR count). The zero-order valence-corrected chi connectivity index (χ0v) is 42.9. The minimum atomic E-state index is -2.68. The van der Waals surface area contributed by atoms with Gasteiger partial charge in [0.1, 0.15) is 0 Å². The first-order valence-corrected chi connectivity index (χ1v) is 27.7. The molecular weight excluding hydrogens is 1280 g/mol. The van der Waals surface area contributed by atoms with Gasteiger partial charge in [-0.3, -0.25) is 0 Å². The van der Waals surface area contributed by atoms with Gasteiger partial charge in [-0.2, -0.15) is 0 Å². The van der Waals surface area contributed by atoms with Crippen LogP contribution in [0.2, 0.25) is 0 Å². The normalized spacial score (nSPS) is 19.2. The molecule has 0 aliphatic carbocycles. The molecule has 8 bridgehead atoms. The van der Waals surface area contributed by atoms with E-state index in [0.29, 0.717) is 119 Å². The molecule has 0 N–H and O–H groups in total. The Morgan fingerprint density at radius 1 is 0.297 bits per heavy atom. The molecule has 9 aromatic rings. The van der Waals surface area contributed by atoms with Crippen molar-refractivity contribution in [3.05, 3.63) is 207 Å². The van der Waals surface area contributed by atoms with E-state index in [-0.39, 0.29) is 0 Å². The van der Waals surface area contributed by atoms with Crippen molar-refractivity contribution in [2.45, 2.75) is 0 Å². The summed E-state index contributed by atoms with van der Waals surface area (Å²) in [4.78, 5) is 26.9. The van der Waals surface area contributed by atoms with Gasteiger partial charge >= 0.3 is 464 Å². The van der Waals surface area contributed by atoms with Crippen LogP contribution in [0, 0.1) is 24.3 Å². The molecule has 1 aromatic heterocycles. The second-order valence-electron chi connectivity index (χ2n) is 17.4. The Bertz CT molecular complexity index is 3930. The Hall–Kier alpha value is -8.30. The molecule has 74 heavy (non-hydrogen) atoms. The van der Waals surface area contributed by atoms with Crippen LogP contribution < -0.4 is 49.0 Å². The fraction of sp³-hybridized carbons (Fsp3) is 0.0667. The third-order valence-corrected chi connectivity index (χ3v) is 19.3. The average molecular weight is 1330 g/mol. The van der Waals surface area contributed by atoms with Gasteiger partial charge in [0.15, 0.2) is 0 Å². The Balaban J connectivity index is 0.929. The van der Waals surface area contributed by atoms with E-state index >= 15 is 0 Å². The number of fused-ring (bicyclic) bond motifs is 24. The van der Waals surface area contributed by atoms with Crippen LogP contribution >= 0.6 is 0 Å². The Kier molecular flexibility index (Phi) is 7.34. The predicted octanol–water partition coefficient (Wildman–Crippen LogP) is 11.5. The molecule has 366 valence electrons. The number of aromatic nitrogens is 2. The Morgan fingerprint density at radius 2 is 0.527 bits per heavy atom. The van der Waals surface area contributed by atoms with Crippen LogP contribution in [-0.4, -0.2) is 54.5 Å². The molecule has 6 aliphatic heterocycles. The van der Waals surface area contributed by atoms with Gasteiger partial charge in [0.2, 0.25) is 0 Å². The van der Waals surface area contributed by atoms with Crippen LogP contribution in [0.15, 0.2) is 182 Å².